The first-order valence-corrected chi connectivity index (χ1v) is 10.5. The van der Waals surface area contributed by atoms with Gasteiger partial charge in [0.05, 0.1) is 19.1 Å². The van der Waals surface area contributed by atoms with Crippen molar-refractivity contribution in [2.45, 2.75) is 13.8 Å². The summed E-state index contributed by atoms with van der Waals surface area (Å²) in [4.78, 5) is 38.9. The summed E-state index contributed by atoms with van der Waals surface area (Å²) in [7, 11) is 3.04. The number of imide groups is 1. The zero-order valence-corrected chi connectivity index (χ0v) is 18.7. The summed E-state index contributed by atoms with van der Waals surface area (Å²) >= 11 is 0.900. The van der Waals surface area contributed by atoms with Gasteiger partial charge in [-0.15, -0.1) is 0 Å². The van der Waals surface area contributed by atoms with Crippen LogP contribution < -0.4 is 14.8 Å². The lowest BCUT2D eigenvalue weighted by atomic mass is 10.1. The third-order valence-corrected chi connectivity index (χ3v) is 5.79. The van der Waals surface area contributed by atoms with Crippen molar-refractivity contribution in [2.24, 2.45) is 0 Å². The molecule has 162 valence electrons. The van der Waals surface area contributed by atoms with Gasteiger partial charge in [0.1, 0.15) is 11.5 Å². The van der Waals surface area contributed by atoms with Crippen LogP contribution in [0.5, 0.6) is 11.5 Å². The molecule has 8 heteroatoms. The second-order valence-corrected chi connectivity index (χ2v) is 8.00. The molecule has 2 aromatic rings. The molecular formula is C23H24N2O5S. The van der Waals surface area contributed by atoms with Crippen LogP contribution in [0.2, 0.25) is 0 Å². The number of methoxy groups -OCH3 is 2. The molecule has 3 amide bonds. The zero-order chi connectivity index (χ0) is 22.5. The molecule has 0 saturated carbocycles. The number of carbonyl (C=O) groups is 3. The maximum Gasteiger partial charge on any atom is 0.293 e. The molecule has 0 radical (unpaired) electrons. The van der Waals surface area contributed by atoms with Gasteiger partial charge in [-0.25, -0.2) is 0 Å². The molecule has 0 aliphatic carbocycles. The van der Waals surface area contributed by atoms with E-state index in [0.29, 0.717) is 22.0 Å². The van der Waals surface area contributed by atoms with E-state index in [2.05, 4.69) is 5.32 Å². The largest absolute Gasteiger partial charge is 0.496 e. The Morgan fingerprint density at radius 1 is 1.06 bits per heavy atom. The molecule has 1 saturated heterocycles. The van der Waals surface area contributed by atoms with E-state index < -0.39 is 0 Å². The van der Waals surface area contributed by atoms with Crippen molar-refractivity contribution in [3.8, 4) is 11.5 Å². The molecule has 3 rings (SSSR count). The second kappa shape index (κ2) is 9.70. The lowest BCUT2D eigenvalue weighted by Crippen LogP contribution is -2.37. The first-order chi connectivity index (χ1) is 14.8. The Morgan fingerprint density at radius 2 is 1.68 bits per heavy atom. The predicted octanol–water partition coefficient (Wildman–Crippen LogP) is 3.79. The van der Waals surface area contributed by atoms with Gasteiger partial charge in [-0.1, -0.05) is 29.8 Å². The van der Waals surface area contributed by atoms with Crippen LogP contribution in [-0.4, -0.2) is 49.3 Å². The second-order valence-electron chi connectivity index (χ2n) is 7.01. The lowest BCUT2D eigenvalue weighted by molar-refractivity contribution is -0.122. The van der Waals surface area contributed by atoms with E-state index >= 15 is 0 Å². The number of rotatable bonds is 7. The minimum absolute atomic E-state index is 0.0851. The standard InChI is InChI=1S/C23H24N2O5S/c1-14-5-7-16(8-6-14)11-20-22(27)25(23(28)31-20)10-9-24-21(26)17-12-18(29-3)15(2)19(13-17)30-4/h5-8,11-13H,9-10H2,1-4H3,(H,24,26). The fourth-order valence-corrected chi connectivity index (χ4v) is 3.97. The third-order valence-electron chi connectivity index (χ3n) is 4.88. The van der Waals surface area contributed by atoms with Gasteiger partial charge in [0.2, 0.25) is 0 Å². The van der Waals surface area contributed by atoms with E-state index in [1.165, 1.54) is 14.2 Å². The molecule has 1 N–H and O–H groups in total. The predicted molar refractivity (Wildman–Crippen MR) is 120 cm³/mol. The van der Waals surface area contributed by atoms with Crippen LogP contribution >= 0.6 is 11.8 Å². The Kier molecular flexibility index (Phi) is 7.02. The number of thioether (sulfide) groups is 1. The van der Waals surface area contributed by atoms with Crippen LogP contribution in [0.4, 0.5) is 4.79 Å². The first kappa shape index (κ1) is 22.4. The van der Waals surface area contributed by atoms with E-state index in [1.807, 2.05) is 38.1 Å². The van der Waals surface area contributed by atoms with Gasteiger partial charge in [-0.2, -0.15) is 0 Å². The molecule has 0 unspecified atom stereocenters. The maximum absolute atomic E-state index is 12.6. The molecule has 31 heavy (non-hydrogen) atoms. The highest BCUT2D eigenvalue weighted by Crippen LogP contribution is 2.32. The fourth-order valence-electron chi connectivity index (χ4n) is 3.11. The molecule has 7 nitrogen and oxygen atoms in total. The molecule has 0 aromatic heterocycles. The number of carbonyl (C=O) groups excluding carboxylic acids is 3. The Hall–Kier alpha value is -3.26. The summed E-state index contributed by atoms with van der Waals surface area (Å²) in [5, 5.41) is 2.38. The van der Waals surface area contributed by atoms with Crippen molar-refractivity contribution < 1.29 is 23.9 Å². The van der Waals surface area contributed by atoms with E-state index in [1.54, 1.807) is 18.2 Å². The Balaban J connectivity index is 1.63. The van der Waals surface area contributed by atoms with Gasteiger partial charge in [-0.3, -0.25) is 19.3 Å². The van der Waals surface area contributed by atoms with Gasteiger partial charge < -0.3 is 14.8 Å². The van der Waals surface area contributed by atoms with Crippen LogP contribution in [0.3, 0.4) is 0 Å². The van der Waals surface area contributed by atoms with Crippen molar-refractivity contribution in [3.63, 3.8) is 0 Å². The Morgan fingerprint density at radius 3 is 2.26 bits per heavy atom. The summed E-state index contributed by atoms with van der Waals surface area (Å²) in [6, 6.07) is 10.9. The van der Waals surface area contributed by atoms with Gasteiger partial charge in [-0.05, 0) is 49.4 Å². The quantitative estimate of drug-likeness (QED) is 0.660. The molecule has 2 aromatic carbocycles. The van der Waals surface area contributed by atoms with E-state index in [0.717, 1.165) is 33.4 Å². The average molecular weight is 441 g/mol. The van der Waals surface area contributed by atoms with E-state index in [9.17, 15) is 14.4 Å². The van der Waals surface area contributed by atoms with Crippen LogP contribution in [0.15, 0.2) is 41.3 Å². The number of benzene rings is 2. The highest BCUT2D eigenvalue weighted by Gasteiger charge is 2.34. The van der Waals surface area contributed by atoms with Gasteiger partial charge >= 0.3 is 0 Å². The highest BCUT2D eigenvalue weighted by atomic mass is 32.2. The minimum atomic E-state index is -0.358. The minimum Gasteiger partial charge on any atom is -0.496 e. The molecule has 0 bridgehead atoms. The first-order valence-electron chi connectivity index (χ1n) is 9.67. The van der Waals surface area contributed by atoms with Gasteiger partial charge in [0, 0.05) is 24.2 Å². The van der Waals surface area contributed by atoms with Crippen LogP contribution in [0, 0.1) is 13.8 Å². The normalized spacial score (nSPS) is 14.8. The Labute approximate surface area is 185 Å². The Bertz CT molecular complexity index is 1020. The molecule has 0 atom stereocenters. The molecule has 1 aliphatic rings. The van der Waals surface area contributed by atoms with Crippen molar-refractivity contribution in [2.75, 3.05) is 27.3 Å². The van der Waals surface area contributed by atoms with Crippen LogP contribution in [0.1, 0.15) is 27.0 Å². The summed E-state index contributed by atoms with van der Waals surface area (Å²) in [6.07, 6.45) is 1.70. The maximum atomic E-state index is 12.6. The van der Waals surface area contributed by atoms with Gasteiger partial charge in [0.15, 0.2) is 0 Å². The van der Waals surface area contributed by atoms with E-state index in [4.69, 9.17) is 9.47 Å². The summed E-state index contributed by atoms with van der Waals surface area (Å²) in [5.74, 6) is 0.371. The smallest absolute Gasteiger partial charge is 0.293 e. The number of nitrogens with one attached hydrogen (secondary N) is 1. The van der Waals surface area contributed by atoms with Crippen molar-refractivity contribution in [1.82, 2.24) is 10.2 Å². The van der Waals surface area contributed by atoms with Crippen molar-refractivity contribution in [1.29, 1.82) is 0 Å². The molecular weight excluding hydrogens is 416 g/mol. The van der Waals surface area contributed by atoms with Crippen LogP contribution in [-0.2, 0) is 4.79 Å². The van der Waals surface area contributed by atoms with Gasteiger partial charge in [0.25, 0.3) is 17.1 Å². The number of aryl methyl sites for hydroxylation is 1. The summed E-state index contributed by atoms with van der Waals surface area (Å²) in [5.41, 5.74) is 3.13. The zero-order valence-electron chi connectivity index (χ0n) is 17.9. The summed E-state index contributed by atoms with van der Waals surface area (Å²) < 4.78 is 10.6. The van der Waals surface area contributed by atoms with Crippen molar-refractivity contribution in [3.05, 3.63) is 63.6 Å². The molecule has 1 heterocycles. The van der Waals surface area contributed by atoms with Crippen molar-refractivity contribution >= 4 is 34.9 Å². The topological polar surface area (TPSA) is 84.9 Å². The van der Waals surface area contributed by atoms with Crippen LogP contribution in [0.25, 0.3) is 6.08 Å². The molecule has 1 aliphatic heterocycles. The SMILES string of the molecule is COc1cc(C(=O)NCCN2C(=O)SC(=Cc3ccc(C)cc3)C2=O)cc(OC)c1C. The van der Waals surface area contributed by atoms with E-state index in [-0.39, 0.29) is 30.1 Å². The molecule has 0 spiro atoms. The number of amides is 3. The highest BCUT2D eigenvalue weighted by molar-refractivity contribution is 8.18. The monoisotopic (exact) mass is 440 g/mol. The third kappa shape index (κ3) is 5.08. The lowest BCUT2D eigenvalue weighted by Gasteiger charge is -2.15. The number of ether oxygens (including phenoxy) is 2. The number of nitrogens with zero attached hydrogens (tertiary/aromatic N) is 1. The fraction of sp³-hybridized carbons (Fsp3) is 0.261. The summed E-state index contributed by atoms with van der Waals surface area (Å²) in [6.45, 7) is 4.03. The molecule has 1 fully saturated rings. The average Bonchev–Trinajstić information content (AvgIpc) is 3.02. The number of hydrogen-bond donors (Lipinski definition) is 1. The number of hydrogen-bond acceptors (Lipinski definition) is 6.